The molecule has 0 aliphatic rings. The van der Waals surface area contributed by atoms with Gasteiger partial charge in [0.15, 0.2) is 5.69 Å². The van der Waals surface area contributed by atoms with Gasteiger partial charge in [0.2, 0.25) is 0 Å². The van der Waals surface area contributed by atoms with Gasteiger partial charge in [-0.25, -0.2) is 9.48 Å². The molecule has 0 amide bonds. The van der Waals surface area contributed by atoms with Crippen LogP contribution < -0.4 is 0 Å². The second-order valence-electron chi connectivity index (χ2n) is 4.58. The zero-order valence-electron chi connectivity index (χ0n) is 12.3. The lowest BCUT2D eigenvalue weighted by Gasteiger charge is -2.07. The summed E-state index contributed by atoms with van der Waals surface area (Å²) in [5, 5.41) is 21.9. The van der Waals surface area contributed by atoms with Crippen molar-refractivity contribution in [3.05, 3.63) is 27.8 Å². The molecule has 0 aliphatic carbocycles. The number of aryl methyl sites for hydroxylation is 2. The van der Waals surface area contributed by atoms with Crippen molar-refractivity contribution >= 4 is 17.6 Å². The van der Waals surface area contributed by atoms with Crippen LogP contribution in [-0.4, -0.2) is 35.9 Å². The number of nitrogens with zero attached hydrogens (tertiary/aromatic N) is 5. The van der Waals surface area contributed by atoms with Crippen molar-refractivity contribution in [3.8, 4) is 0 Å². The molecule has 8 heteroatoms. The van der Waals surface area contributed by atoms with E-state index in [0.29, 0.717) is 30.2 Å². The summed E-state index contributed by atoms with van der Waals surface area (Å²) in [6, 6.07) is 0. The molecule has 21 heavy (non-hydrogen) atoms. The molecular formula is C13H18ClN5O2. The van der Waals surface area contributed by atoms with Crippen LogP contribution in [0.25, 0.3) is 0 Å². The lowest BCUT2D eigenvalue weighted by molar-refractivity contribution is 0.0689. The van der Waals surface area contributed by atoms with Crippen molar-refractivity contribution in [1.82, 2.24) is 24.8 Å². The fraction of sp³-hybridized carbons (Fsp3) is 0.538. The molecule has 0 saturated carbocycles. The van der Waals surface area contributed by atoms with E-state index in [9.17, 15) is 4.79 Å². The van der Waals surface area contributed by atoms with E-state index in [2.05, 4.69) is 15.4 Å². The fourth-order valence-electron chi connectivity index (χ4n) is 2.29. The first-order valence-corrected chi connectivity index (χ1v) is 7.30. The van der Waals surface area contributed by atoms with Crippen molar-refractivity contribution in [1.29, 1.82) is 0 Å². The molecule has 0 bridgehead atoms. The molecule has 2 heterocycles. The highest BCUT2D eigenvalue weighted by atomic mass is 35.5. The summed E-state index contributed by atoms with van der Waals surface area (Å²) >= 11 is 6.36. The highest BCUT2D eigenvalue weighted by Crippen LogP contribution is 2.23. The molecule has 0 atom stereocenters. The molecule has 0 radical (unpaired) electrons. The van der Waals surface area contributed by atoms with E-state index in [-0.39, 0.29) is 5.69 Å². The molecule has 1 N–H and O–H groups in total. The van der Waals surface area contributed by atoms with Gasteiger partial charge in [0.05, 0.1) is 28.6 Å². The van der Waals surface area contributed by atoms with E-state index < -0.39 is 5.97 Å². The summed E-state index contributed by atoms with van der Waals surface area (Å²) in [5.41, 5.74) is 2.24. The van der Waals surface area contributed by atoms with Crippen LogP contribution in [0, 0.1) is 0 Å². The quantitative estimate of drug-likeness (QED) is 0.882. The van der Waals surface area contributed by atoms with Crippen LogP contribution in [-0.2, 0) is 25.9 Å². The highest BCUT2D eigenvalue weighted by molar-refractivity contribution is 6.31. The van der Waals surface area contributed by atoms with Crippen molar-refractivity contribution in [2.45, 2.75) is 46.7 Å². The molecule has 2 rings (SSSR count). The smallest absolute Gasteiger partial charge is 0.358 e. The molecule has 2 aromatic heterocycles. The minimum absolute atomic E-state index is 0.00750. The first kappa shape index (κ1) is 15.5. The van der Waals surface area contributed by atoms with E-state index in [1.165, 1.54) is 0 Å². The van der Waals surface area contributed by atoms with Crippen LogP contribution in [0.2, 0.25) is 5.02 Å². The summed E-state index contributed by atoms with van der Waals surface area (Å²) < 4.78 is 3.40. The molecule has 0 aromatic carbocycles. The lowest BCUT2D eigenvalue weighted by Crippen LogP contribution is -2.12. The van der Waals surface area contributed by atoms with Gasteiger partial charge in [-0.15, -0.1) is 5.10 Å². The molecule has 0 unspecified atom stereocenters. The van der Waals surface area contributed by atoms with Gasteiger partial charge in [-0.2, -0.15) is 5.10 Å². The number of carboxylic acid groups (broad SMARTS) is 1. The highest BCUT2D eigenvalue weighted by Gasteiger charge is 2.20. The molecular weight excluding hydrogens is 294 g/mol. The monoisotopic (exact) mass is 311 g/mol. The number of halogens is 1. The van der Waals surface area contributed by atoms with E-state index in [1.54, 1.807) is 4.68 Å². The first-order chi connectivity index (χ1) is 10.0. The molecule has 0 aliphatic heterocycles. The number of carboxylic acids is 1. The minimum atomic E-state index is -1.07. The van der Waals surface area contributed by atoms with Gasteiger partial charge in [-0.05, 0) is 19.8 Å². The van der Waals surface area contributed by atoms with Crippen molar-refractivity contribution in [3.63, 3.8) is 0 Å². The minimum Gasteiger partial charge on any atom is -0.476 e. The third kappa shape index (κ3) is 2.78. The van der Waals surface area contributed by atoms with Crippen molar-refractivity contribution in [2.75, 3.05) is 0 Å². The van der Waals surface area contributed by atoms with E-state index in [0.717, 1.165) is 17.8 Å². The van der Waals surface area contributed by atoms with E-state index in [4.69, 9.17) is 16.7 Å². The average Bonchev–Trinajstić information content (AvgIpc) is 3.01. The zero-order chi connectivity index (χ0) is 15.6. The maximum Gasteiger partial charge on any atom is 0.358 e. The fourth-order valence-corrected chi connectivity index (χ4v) is 2.61. The Balaban J connectivity index is 2.43. The second kappa shape index (κ2) is 6.26. The standard InChI is InChI=1S/C13H18ClN5O2/c1-4-8-11(14)10(18(6-3)16-8)7-19-9(5-2)12(13(20)21)15-17-19/h4-7H2,1-3H3,(H,20,21). The van der Waals surface area contributed by atoms with Gasteiger partial charge in [0, 0.05) is 6.54 Å². The predicted octanol–water partition coefficient (Wildman–Crippen LogP) is 2.02. The Kier molecular flexibility index (Phi) is 4.62. The van der Waals surface area contributed by atoms with Gasteiger partial charge >= 0.3 is 5.97 Å². The number of carbonyl (C=O) groups is 1. The molecule has 114 valence electrons. The van der Waals surface area contributed by atoms with Crippen LogP contribution in [0.4, 0.5) is 0 Å². The Morgan fingerprint density at radius 2 is 1.90 bits per heavy atom. The van der Waals surface area contributed by atoms with Crippen LogP contribution in [0.3, 0.4) is 0 Å². The number of rotatable bonds is 6. The summed E-state index contributed by atoms with van der Waals surface area (Å²) in [6.07, 6.45) is 1.28. The third-order valence-corrected chi connectivity index (χ3v) is 3.81. The van der Waals surface area contributed by atoms with Crippen LogP contribution >= 0.6 is 11.6 Å². The predicted molar refractivity (Wildman–Crippen MR) is 77.8 cm³/mol. The van der Waals surface area contributed by atoms with E-state index in [1.807, 2.05) is 25.5 Å². The molecule has 0 saturated heterocycles. The number of aromatic nitrogens is 5. The van der Waals surface area contributed by atoms with Gasteiger partial charge in [-0.3, -0.25) is 4.68 Å². The maximum absolute atomic E-state index is 11.1. The van der Waals surface area contributed by atoms with Crippen LogP contribution in [0.15, 0.2) is 0 Å². The normalized spacial score (nSPS) is 11.0. The molecule has 2 aromatic rings. The molecule has 7 nitrogen and oxygen atoms in total. The van der Waals surface area contributed by atoms with Gasteiger partial charge in [0.25, 0.3) is 0 Å². The van der Waals surface area contributed by atoms with E-state index >= 15 is 0 Å². The number of hydrogen-bond donors (Lipinski definition) is 1. The second-order valence-corrected chi connectivity index (χ2v) is 4.96. The number of hydrogen-bond acceptors (Lipinski definition) is 4. The molecule has 0 spiro atoms. The van der Waals surface area contributed by atoms with Crippen molar-refractivity contribution < 1.29 is 9.90 Å². The average molecular weight is 312 g/mol. The summed E-state index contributed by atoms with van der Waals surface area (Å²) in [7, 11) is 0. The van der Waals surface area contributed by atoms with Gasteiger partial charge in [-0.1, -0.05) is 30.7 Å². The summed E-state index contributed by atoms with van der Waals surface area (Å²) in [6.45, 7) is 6.91. The van der Waals surface area contributed by atoms with Crippen LogP contribution in [0.5, 0.6) is 0 Å². The lowest BCUT2D eigenvalue weighted by atomic mass is 10.2. The third-order valence-electron chi connectivity index (χ3n) is 3.37. The largest absolute Gasteiger partial charge is 0.476 e. The summed E-state index contributed by atoms with van der Waals surface area (Å²) in [5.74, 6) is -1.07. The Morgan fingerprint density at radius 3 is 2.43 bits per heavy atom. The topological polar surface area (TPSA) is 85.8 Å². The van der Waals surface area contributed by atoms with Crippen molar-refractivity contribution in [2.24, 2.45) is 0 Å². The summed E-state index contributed by atoms with van der Waals surface area (Å²) in [4.78, 5) is 11.1. The van der Waals surface area contributed by atoms with Gasteiger partial charge in [0.1, 0.15) is 0 Å². The SMILES string of the molecule is CCc1nn(CC)c(Cn2nnc(C(=O)O)c2CC)c1Cl. The Bertz CT molecular complexity index is 662. The maximum atomic E-state index is 11.1. The number of aromatic carboxylic acids is 1. The molecule has 0 fully saturated rings. The zero-order valence-corrected chi connectivity index (χ0v) is 13.1. The van der Waals surface area contributed by atoms with Gasteiger partial charge < -0.3 is 5.11 Å². The Morgan fingerprint density at radius 1 is 1.19 bits per heavy atom. The van der Waals surface area contributed by atoms with Crippen LogP contribution in [0.1, 0.15) is 48.3 Å². The first-order valence-electron chi connectivity index (χ1n) is 6.93. The Hall–Kier alpha value is -1.89. The Labute approximate surface area is 127 Å².